The molecule has 4 rings (SSSR count). The predicted molar refractivity (Wildman–Crippen MR) is 147 cm³/mol. The van der Waals surface area contributed by atoms with Crippen LogP contribution in [0.1, 0.15) is 17.5 Å². The molecule has 0 saturated carbocycles. The third-order valence-electron chi connectivity index (χ3n) is 5.40. The van der Waals surface area contributed by atoms with Gasteiger partial charge in [-0.2, -0.15) is 5.10 Å². The number of ether oxygens (including phenoxy) is 2. The SMILES string of the molecule is COc1cc(C=NNC(=O)CC(=O)Nc2cccc(Cl)c2Cl)ccc1OCc1cccc2ccccc12. The minimum absolute atomic E-state index is 0.203. The summed E-state index contributed by atoms with van der Waals surface area (Å²) in [5, 5.41) is 9.25. The van der Waals surface area contributed by atoms with Gasteiger partial charge >= 0.3 is 0 Å². The Balaban J connectivity index is 1.32. The van der Waals surface area contributed by atoms with Gasteiger partial charge < -0.3 is 14.8 Å². The normalized spacial score (nSPS) is 10.9. The molecule has 37 heavy (non-hydrogen) atoms. The summed E-state index contributed by atoms with van der Waals surface area (Å²) < 4.78 is 11.5. The molecule has 0 aliphatic rings. The Morgan fingerprint density at radius 3 is 2.54 bits per heavy atom. The number of carbonyl (C=O) groups excluding carboxylic acids is 2. The van der Waals surface area contributed by atoms with Crippen LogP contribution in [0.25, 0.3) is 10.8 Å². The van der Waals surface area contributed by atoms with E-state index in [0.29, 0.717) is 34.4 Å². The number of fused-ring (bicyclic) bond motifs is 1. The first kappa shape index (κ1) is 26.0. The molecule has 0 unspecified atom stereocenters. The highest BCUT2D eigenvalue weighted by Gasteiger charge is 2.12. The number of hydrogen-bond acceptors (Lipinski definition) is 5. The highest BCUT2D eigenvalue weighted by atomic mass is 35.5. The number of halogens is 2. The fraction of sp³-hybridized carbons (Fsp3) is 0.107. The van der Waals surface area contributed by atoms with Gasteiger partial charge in [0.05, 0.1) is 29.1 Å². The molecule has 0 saturated heterocycles. The molecule has 0 aliphatic heterocycles. The molecule has 2 N–H and O–H groups in total. The van der Waals surface area contributed by atoms with Crippen LogP contribution in [0, 0.1) is 0 Å². The second-order valence-corrected chi connectivity index (χ2v) is 8.74. The summed E-state index contributed by atoms with van der Waals surface area (Å²) in [6.07, 6.45) is 1.01. The minimum atomic E-state index is -0.589. The van der Waals surface area contributed by atoms with Gasteiger partial charge in [0.25, 0.3) is 0 Å². The van der Waals surface area contributed by atoms with E-state index in [4.69, 9.17) is 32.7 Å². The van der Waals surface area contributed by atoms with Gasteiger partial charge in [-0.1, -0.05) is 71.7 Å². The number of nitrogens with one attached hydrogen (secondary N) is 2. The van der Waals surface area contributed by atoms with E-state index in [-0.39, 0.29) is 5.02 Å². The maximum absolute atomic E-state index is 12.1. The number of carbonyl (C=O) groups is 2. The number of anilines is 1. The molecule has 0 aromatic heterocycles. The van der Waals surface area contributed by atoms with E-state index in [1.165, 1.54) is 6.21 Å². The molecule has 4 aromatic rings. The van der Waals surface area contributed by atoms with Crippen LogP contribution in [0.15, 0.2) is 84.0 Å². The number of hydrogen-bond donors (Lipinski definition) is 2. The molecular weight excluding hydrogens is 513 g/mol. The topological polar surface area (TPSA) is 89.0 Å². The van der Waals surface area contributed by atoms with E-state index in [0.717, 1.165) is 16.3 Å². The van der Waals surface area contributed by atoms with E-state index >= 15 is 0 Å². The number of methoxy groups -OCH3 is 1. The lowest BCUT2D eigenvalue weighted by Crippen LogP contribution is -2.24. The molecule has 0 aliphatic carbocycles. The number of nitrogens with zero attached hydrogens (tertiary/aromatic N) is 1. The van der Waals surface area contributed by atoms with Crippen molar-refractivity contribution in [3.63, 3.8) is 0 Å². The minimum Gasteiger partial charge on any atom is -0.493 e. The summed E-state index contributed by atoms with van der Waals surface area (Å²) in [7, 11) is 1.55. The first-order valence-electron chi connectivity index (χ1n) is 11.3. The van der Waals surface area contributed by atoms with Crippen LogP contribution in [-0.4, -0.2) is 25.1 Å². The monoisotopic (exact) mass is 535 g/mol. The lowest BCUT2D eigenvalue weighted by molar-refractivity contribution is -0.126. The molecule has 9 heteroatoms. The van der Waals surface area contributed by atoms with Gasteiger partial charge in [0.1, 0.15) is 13.0 Å². The van der Waals surface area contributed by atoms with Crippen LogP contribution in [0.2, 0.25) is 10.0 Å². The van der Waals surface area contributed by atoms with E-state index in [1.54, 1.807) is 43.5 Å². The zero-order valence-corrected chi connectivity index (χ0v) is 21.3. The molecule has 0 fully saturated rings. The van der Waals surface area contributed by atoms with E-state index < -0.39 is 18.2 Å². The predicted octanol–water partition coefficient (Wildman–Crippen LogP) is 6.21. The van der Waals surface area contributed by atoms with Crippen molar-refractivity contribution < 1.29 is 19.1 Å². The molecule has 0 spiro atoms. The maximum atomic E-state index is 12.1. The van der Waals surface area contributed by atoms with Crippen LogP contribution < -0.4 is 20.2 Å². The van der Waals surface area contributed by atoms with Crippen LogP contribution in [-0.2, 0) is 16.2 Å². The number of hydrazone groups is 1. The first-order chi connectivity index (χ1) is 17.9. The Kier molecular flexibility index (Phi) is 8.61. The molecule has 188 valence electrons. The molecule has 2 amide bonds. The molecule has 7 nitrogen and oxygen atoms in total. The Morgan fingerprint density at radius 1 is 0.919 bits per heavy atom. The van der Waals surface area contributed by atoms with Gasteiger partial charge in [-0.3, -0.25) is 9.59 Å². The third kappa shape index (κ3) is 6.78. The smallest absolute Gasteiger partial charge is 0.249 e. The molecule has 0 radical (unpaired) electrons. The number of amides is 2. The summed E-state index contributed by atoms with van der Waals surface area (Å²) in [6, 6.07) is 24.3. The van der Waals surface area contributed by atoms with Gasteiger partial charge in [-0.05, 0) is 52.2 Å². The first-order valence-corrected chi connectivity index (χ1v) is 12.0. The summed E-state index contributed by atoms with van der Waals surface area (Å²) >= 11 is 12.0. The number of benzene rings is 4. The average Bonchev–Trinajstić information content (AvgIpc) is 2.90. The summed E-state index contributed by atoms with van der Waals surface area (Å²) in [5.74, 6) is -0.0404. The molecule has 0 atom stereocenters. The van der Waals surface area contributed by atoms with Gasteiger partial charge in [-0.15, -0.1) is 0 Å². The summed E-state index contributed by atoms with van der Waals surface area (Å²) in [4.78, 5) is 24.2. The Morgan fingerprint density at radius 2 is 1.70 bits per heavy atom. The Bertz CT molecular complexity index is 1470. The van der Waals surface area contributed by atoms with Crippen molar-refractivity contribution in [1.82, 2.24) is 5.43 Å². The van der Waals surface area contributed by atoms with E-state index in [1.807, 2.05) is 24.3 Å². The van der Waals surface area contributed by atoms with Crippen LogP contribution in [0.5, 0.6) is 11.5 Å². The van der Waals surface area contributed by atoms with Crippen molar-refractivity contribution in [3.05, 3.63) is 100 Å². The lowest BCUT2D eigenvalue weighted by Gasteiger charge is -2.12. The fourth-order valence-corrected chi connectivity index (χ4v) is 3.96. The summed E-state index contributed by atoms with van der Waals surface area (Å²) in [6.45, 7) is 0.379. The van der Waals surface area contributed by atoms with Gasteiger partial charge in [0, 0.05) is 0 Å². The second-order valence-electron chi connectivity index (χ2n) is 7.96. The zero-order chi connectivity index (χ0) is 26.2. The highest BCUT2D eigenvalue weighted by molar-refractivity contribution is 6.44. The highest BCUT2D eigenvalue weighted by Crippen LogP contribution is 2.30. The van der Waals surface area contributed by atoms with Gasteiger partial charge in [0.2, 0.25) is 11.8 Å². The zero-order valence-electron chi connectivity index (χ0n) is 19.8. The van der Waals surface area contributed by atoms with Crippen molar-refractivity contribution in [1.29, 1.82) is 0 Å². The lowest BCUT2D eigenvalue weighted by atomic mass is 10.1. The molecule has 0 heterocycles. The van der Waals surface area contributed by atoms with Crippen molar-refractivity contribution >= 4 is 57.7 Å². The molecule has 0 bridgehead atoms. The van der Waals surface area contributed by atoms with Crippen molar-refractivity contribution in [2.45, 2.75) is 13.0 Å². The number of rotatable bonds is 9. The fourth-order valence-electron chi connectivity index (χ4n) is 3.62. The largest absolute Gasteiger partial charge is 0.493 e. The summed E-state index contributed by atoms with van der Waals surface area (Å²) in [5.41, 5.74) is 4.39. The van der Waals surface area contributed by atoms with E-state index in [2.05, 4.69) is 34.0 Å². The van der Waals surface area contributed by atoms with Crippen LogP contribution in [0.4, 0.5) is 5.69 Å². The maximum Gasteiger partial charge on any atom is 0.249 e. The van der Waals surface area contributed by atoms with Crippen molar-refractivity contribution in [2.24, 2.45) is 5.10 Å². The van der Waals surface area contributed by atoms with Gasteiger partial charge in [-0.25, -0.2) is 5.43 Å². The van der Waals surface area contributed by atoms with Gasteiger partial charge in [0.15, 0.2) is 11.5 Å². The third-order valence-corrected chi connectivity index (χ3v) is 6.22. The quantitative estimate of drug-likeness (QED) is 0.151. The Labute approximate surface area is 224 Å². The van der Waals surface area contributed by atoms with Crippen LogP contribution >= 0.6 is 23.2 Å². The molecule has 4 aromatic carbocycles. The van der Waals surface area contributed by atoms with Crippen LogP contribution in [0.3, 0.4) is 0 Å². The average molecular weight is 536 g/mol. The van der Waals surface area contributed by atoms with E-state index in [9.17, 15) is 9.59 Å². The van der Waals surface area contributed by atoms with Crippen molar-refractivity contribution in [3.8, 4) is 11.5 Å². The Hall–Kier alpha value is -4.07. The molecular formula is C28H23Cl2N3O4. The standard InChI is InChI=1S/C28H23Cl2N3O4/c1-36-25-14-18(12-13-24(25)37-17-20-8-4-7-19-6-2-3-9-21(19)20)16-31-33-27(35)15-26(34)32-23-11-5-10-22(29)28(23)30/h2-14,16H,15,17H2,1H3,(H,32,34)(H,33,35). The second kappa shape index (κ2) is 12.3. The van der Waals surface area contributed by atoms with Crippen molar-refractivity contribution in [2.75, 3.05) is 12.4 Å².